The highest BCUT2D eigenvalue weighted by molar-refractivity contribution is 7.89. The molecule has 1 aliphatic rings. The summed E-state index contributed by atoms with van der Waals surface area (Å²) in [6.07, 6.45) is -2.60. The maximum atomic E-state index is 15.3. The molecule has 1 fully saturated rings. The number of aliphatic hydroxyl groups is 1. The van der Waals surface area contributed by atoms with Gasteiger partial charge in [0.2, 0.25) is 10.0 Å². The molecule has 11 heteroatoms. The summed E-state index contributed by atoms with van der Waals surface area (Å²) >= 11 is 0. The molecule has 0 aromatic heterocycles. The van der Waals surface area contributed by atoms with Crippen molar-refractivity contribution in [3.63, 3.8) is 0 Å². The molecule has 5 rings (SSSR count). The highest BCUT2D eigenvalue weighted by Gasteiger charge is 2.37. The van der Waals surface area contributed by atoms with Crippen LogP contribution in [-0.4, -0.2) is 71.6 Å². The van der Waals surface area contributed by atoms with Crippen LogP contribution in [0.1, 0.15) is 29.0 Å². The Morgan fingerprint density at radius 3 is 2.00 bits per heavy atom. The Hall–Kier alpha value is -4.58. The van der Waals surface area contributed by atoms with E-state index in [1.807, 2.05) is 60.7 Å². The Morgan fingerprint density at radius 1 is 0.844 bits per heavy atom. The van der Waals surface area contributed by atoms with E-state index in [1.165, 1.54) is 34.6 Å². The molecule has 0 radical (unpaired) electrons. The van der Waals surface area contributed by atoms with Crippen LogP contribution in [-0.2, 0) is 21.2 Å². The van der Waals surface area contributed by atoms with Gasteiger partial charge in [0.15, 0.2) is 0 Å². The van der Waals surface area contributed by atoms with Gasteiger partial charge < -0.3 is 20.4 Å². The highest BCUT2D eigenvalue weighted by atomic mass is 32.2. The first-order valence-electron chi connectivity index (χ1n) is 14.6. The molecule has 0 bridgehead atoms. The van der Waals surface area contributed by atoms with Crippen molar-refractivity contribution in [3.05, 3.63) is 132 Å². The van der Waals surface area contributed by atoms with Gasteiger partial charge in [-0.1, -0.05) is 84.9 Å². The van der Waals surface area contributed by atoms with Gasteiger partial charge in [0.1, 0.15) is 11.9 Å². The Balaban J connectivity index is 1.38. The summed E-state index contributed by atoms with van der Waals surface area (Å²) in [5.41, 5.74) is 1.72. The van der Waals surface area contributed by atoms with Crippen LogP contribution in [0.15, 0.2) is 114 Å². The number of carbonyl (C=O) groups is 2. The molecule has 9 nitrogen and oxygen atoms in total. The van der Waals surface area contributed by atoms with Crippen molar-refractivity contribution in [3.8, 4) is 0 Å². The van der Waals surface area contributed by atoms with Crippen LogP contribution >= 0.6 is 0 Å². The summed E-state index contributed by atoms with van der Waals surface area (Å²) in [7, 11) is -3.96. The number of rotatable bonds is 10. The molecule has 0 aliphatic carbocycles. The zero-order chi connectivity index (χ0) is 32.0. The second kappa shape index (κ2) is 14.0. The number of hydrogen-bond donors (Lipinski definition) is 3. The first-order chi connectivity index (χ1) is 21.7. The van der Waals surface area contributed by atoms with Crippen molar-refractivity contribution in [2.45, 2.75) is 35.8 Å². The first-order valence-corrected chi connectivity index (χ1v) is 16.0. The molecule has 2 amide bonds. The quantitative estimate of drug-likeness (QED) is 0.228. The number of benzene rings is 4. The average molecular weight is 632 g/mol. The summed E-state index contributed by atoms with van der Waals surface area (Å²) < 4.78 is 43.6. The van der Waals surface area contributed by atoms with Crippen molar-refractivity contribution in [2.24, 2.45) is 0 Å². The largest absolute Gasteiger partial charge is 0.465 e. The number of nitrogens with zero attached hydrogens (tertiary/aromatic N) is 2. The van der Waals surface area contributed by atoms with Crippen LogP contribution in [0, 0.1) is 5.82 Å². The van der Waals surface area contributed by atoms with Crippen LogP contribution in [0.3, 0.4) is 0 Å². The SMILES string of the molecule is O=C(Nc1cccc(F)c1CCC1CN(C(=O)O)CCN1S(=O)(=O)c1ccccc1)C(O)C(c1ccccc1)c1ccccc1. The van der Waals surface area contributed by atoms with Crippen LogP contribution < -0.4 is 5.32 Å². The standard InChI is InChI=1S/C34H34FN3O6S/c35-29-17-10-18-30(36-33(40)32(39)31(24-11-4-1-5-12-24)25-13-6-2-7-14-25)28(29)20-19-26-23-37(34(41)42)21-22-38(26)45(43,44)27-15-8-3-9-16-27/h1-18,26,31-32,39H,19-23H2,(H,36,40)(H,41,42). The molecule has 234 valence electrons. The number of sulfonamides is 1. The molecule has 0 saturated carbocycles. The van der Waals surface area contributed by atoms with Gasteiger partial charge in [-0.15, -0.1) is 0 Å². The number of nitrogens with one attached hydrogen (secondary N) is 1. The molecule has 1 saturated heterocycles. The maximum Gasteiger partial charge on any atom is 0.407 e. The van der Waals surface area contributed by atoms with E-state index in [0.29, 0.717) is 0 Å². The zero-order valence-electron chi connectivity index (χ0n) is 24.4. The number of amides is 2. The topological polar surface area (TPSA) is 127 Å². The van der Waals surface area contributed by atoms with Gasteiger partial charge in [-0.25, -0.2) is 17.6 Å². The molecule has 2 atom stereocenters. The van der Waals surface area contributed by atoms with Crippen LogP contribution in [0.25, 0.3) is 0 Å². The normalized spacial score (nSPS) is 16.3. The molecular weight excluding hydrogens is 597 g/mol. The number of carboxylic acid groups (broad SMARTS) is 1. The fourth-order valence-electron chi connectivity index (χ4n) is 5.77. The zero-order valence-corrected chi connectivity index (χ0v) is 25.2. The number of hydrogen-bond acceptors (Lipinski definition) is 5. The van der Waals surface area contributed by atoms with E-state index in [-0.39, 0.29) is 48.6 Å². The Kier molecular flexibility index (Phi) is 9.92. The number of aliphatic hydroxyl groups excluding tert-OH is 1. The first kappa shape index (κ1) is 31.8. The van der Waals surface area contributed by atoms with Crippen molar-refractivity contribution in [1.82, 2.24) is 9.21 Å². The minimum absolute atomic E-state index is 0.000780. The lowest BCUT2D eigenvalue weighted by atomic mass is 9.86. The van der Waals surface area contributed by atoms with E-state index in [9.17, 15) is 28.2 Å². The van der Waals surface area contributed by atoms with Gasteiger partial charge in [0.25, 0.3) is 5.91 Å². The third-order valence-corrected chi connectivity index (χ3v) is 10.0. The second-order valence-electron chi connectivity index (χ2n) is 10.8. The van der Waals surface area contributed by atoms with E-state index < -0.39 is 45.9 Å². The number of piperazine rings is 1. The van der Waals surface area contributed by atoms with Crippen molar-refractivity contribution >= 4 is 27.7 Å². The minimum atomic E-state index is -3.96. The Labute approximate surface area is 261 Å². The molecule has 4 aromatic carbocycles. The van der Waals surface area contributed by atoms with Gasteiger partial charge in [-0.2, -0.15) is 4.31 Å². The van der Waals surface area contributed by atoms with Gasteiger partial charge in [0, 0.05) is 42.8 Å². The molecule has 1 heterocycles. The van der Waals surface area contributed by atoms with Gasteiger partial charge in [-0.3, -0.25) is 4.79 Å². The number of anilines is 1. The third-order valence-electron chi connectivity index (χ3n) is 8.06. The summed E-state index contributed by atoms with van der Waals surface area (Å²) in [6, 6.07) is 29.5. The molecule has 2 unspecified atom stereocenters. The van der Waals surface area contributed by atoms with E-state index in [4.69, 9.17) is 0 Å². The second-order valence-corrected chi connectivity index (χ2v) is 12.7. The third kappa shape index (κ3) is 7.22. The fraction of sp³-hybridized carbons (Fsp3) is 0.235. The van der Waals surface area contributed by atoms with E-state index in [1.54, 1.807) is 18.2 Å². The van der Waals surface area contributed by atoms with Crippen LogP contribution in [0.2, 0.25) is 0 Å². The fourth-order valence-corrected chi connectivity index (χ4v) is 7.43. The predicted octanol–water partition coefficient (Wildman–Crippen LogP) is 4.94. The molecule has 4 aromatic rings. The van der Waals surface area contributed by atoms with Crippen LogP contribution in [0.5, 0.6) is 0 Å². The van der Waals surface area contributed by atoms with Gasteiger partial charge in [-0.05, 0) is 48.2 Å². The van der Waals surface area contributed by atoms with Gasteiger partial charge in [0.05, 0.1) is 4.90 Å². The van der Waals surface area contributed by atoms with E-state index in [2.05, 4.69) is 5.32 Å². The Morgan fingerprint density at radius 2 is 1.42 bits per heavy atom. The minimum Gasteiger partial charge on any atom is -0.465 e. The number of halogens is 1. The van der Waals surface area contributed by atoms with Crippen LogP contribution in [0.4, 0.5) is 14.9 Å². The molecular formula is C34H34FN3O6S. The van der Waals surface area contributed by atoms with Gasteiger partial charge >= 0.3 is 6.09 Å². The number of carbonyl (C=O) groups excluding carboxylic acids is 1. The Bertz CT molecular complexity index is 1690. The lowest BCUT2D eigenvalue weighted by Crippen LogP contribution is -2.56. The van der Waals surface area contributed by atoms with Crippen molar-refractivity contribution < 1.29 is 32.6 Å². The van der Waals surface area contributed by atoms with Crippen molar-refractivity contribution in [2.75, 3.05) is 25.0 Å². The smallest absolute Gasteiger partial charge is 0.407 e. The summed E-state index contributed by atoms with van der Waals surface area (Å²) in [6.45, 7) is -0.144. The summed E-state index contributed by atoms with van der Waals surface area (Å²) in [5.74, 6) is -2.04. The molecule has 1 aliphatic heterocycles. The highest BCUT2D eigenvalue weighted by Crippen LogP contribution is 2.31. The summed E-state index contributed by atoms with van der Waals surface area (Å²) in [5, 5.41) is 23.6. The van der Waals surface area contributed by atoms with Crippen molar-refractivity contribution in [1.29, 1.82) is 0 Å². The monoisotopic (exact) mass is 631 g/mol. The molecule has 0 spiro atoms. The molecule has 45 heavy (non-hydrogen) atoms. The average Bonchev–Trinajstić information content (AvgIpc) is 3.05. The molecule has 3 N–H and O–H groups in total. The predicted molar refractivity (Wildman–Crippen MR) is 168 cm³/mol. The summed E-state index contributed by atoms with van der Waals surface area (Å²) in [4.78, 5) is 26.5. The lowest BCUT2D eigenvalue weighted by molar-refractivity contribution is -0.124. The lowest BCUT2D eigenvalue weighted by Gasteiger charge is -2.39. The maximum absolute atomic E-state index is 15.3. The van der Waals surface area contributed by atoms with E-state index >= 15 is 4.39 Å². The van der Waals surface area contributed by atoms with E-state index in [0.717, 1.165) is 16.0 Å².